The number of amides is 2. The zero-order valence-corrected chi connectivity index (χ0v) is 19.2. The third-order valence-electron chi connectivity index (χ3n) is 4.86. The van der Waals surface area contributed by atoms with Crippen molar-refractivity contribution in [1.82, 2.24) is 14.9 Å². The molecule has 0 saturated heterocycles. The summed E-state index contributed by atoms with van der Waals surface area (Å²) in [5.74, 6) is -1.73. The number of non-ortho nitro benzene ring substituents is 1. The molecule has 9 nitrogen and oxygen atoms in total. The Kier molecular flexibility index (Phi) is 7.12. The Morgan fingerprint density at radius 1 is 1.15 bits per heavy atom. The van der Waals surface area contributed by atoms with Crippen LogP contribution < -0.4 is 10.2 Å². The summed E-state index contributed by atoms with van der Waals surface area (Å²) in [5.41, 5.74) is 0.689. The van der Waals surface area contributed by atoms with Crippen LogP contribution in [-0.4, -0.2) is 32.4 Å². The van der Waals surface area contributed by atoms with Crippen molar-refractivity contribution in [3.8, 4) is 0 Å². The summed E-state index contributed by atoms with van der Waals surface area (Å²) in [6, 6.07) is 8.01. The summed E-state index contributed by atoms with van der Waals surface area (Å²) in [6.07, 6.45) is 0. The van der Waals surface area contributed by atoms with Crippen LogP contribution in [0.1, 0.15) is 46.4 Å². The molecule has 0 fully saturated rings. The molecular formula is C22H22FN5O4S. The minimum Gasteiger partial charge on any atom is -0.352 e. The number of halogens is 1. The third kappa shape index (κ3) is 5.20. The van der Waals surface area contributed by atoms with Crippen molar-refractivity contribution in [3.63, 3.8) is 0 Å². The molecule has 3 rings (SSSR count). The number of carbonyl (C=O) groups is 2. The molecule has 3 aromatic rings. The summed E-state index contributed by atoms with van der Waals surface area (Å²) < 4.78 is 18.3. The van der Waals surface area contributed by atoms with Gasteiger partial charge in [-0.2, -0.15) is 0 Å². The maximum atomic E-state index is 14.5. The third-order valence-corrected chi connectivity index (χ3v) is 5.49. The largest absolute Gasteiger partial charge is 0.352 e. The molecule has 1 aromatic heterocycles. The molecule has 0 radical (unpaired) electrons. The number of hydrogen-bond donors (Lipinski definition) is 1. The first-order chi connectivity index (χ1) is 15.6. The van der Waals surface area contributed by atoms with E-state index in [0.29, 0.717) is 16.0 Å². The van der Waals surface area contributed by atoms with E-state index in [1.165, 1.54) is 42.5 Å². The van der Waals surface area contributed by atoms with Crippen molar-refractivity contribution in [2.45, 2.75) is 39.8 Å². The van der Waals surface area contributed by atoms with Crippen LogP contribution in [0.2, 0.25) is 0 Å². The number of nitrogens with one attached hydrogen (secondary N) is 1. The lowest BCUT2D eigenvalue weighted by Crippen LogP contribution is -2.46. The number of nitrogens with zero attached hydrogens (tertiary/aromatic N) is 4. The first-order valence-electron chi connectivity index (χ1n) is 10.0. The molecule has 1 N–H and O–H groups in total. The van der Waals surface area contributed by atoms with E-state index < -0.39 is 28.6 Å². The van der Waals surface area contributed by atoms with E-state index in [0.717, 1.165) is 16.4 Å². The second-order valence-electron chi connectivity index (χ2n) is 7.70. The molecule has 0 aliphatic carbocycles. The Bertz CT molecular complexity index is 1200. The van der Waals surface area contributed by atoms with Crippen molar-refractivity contribution < 1.29 is 18.9 Å². The van der Waals surface area contributed by atoms with Crippen molar-refractivity contribution in [1.29, 1.82) is 0 Å². The quantitative estimate of drug-likeness (QED) is 0.409. The van der Waals surface area contributed by atoms with Crippen LogP contribution in [0.15, 0.2) is 42.5 Å². The SMILES string of the molecule is Cc1ccc(N(C(=O)c2nnsc2C)C(C(=O)NC(C)C)c2ccc([N+](=O)[O-])cc2)cc1F. The lowest BCUT2D eigenvalue weighted by atomic mass is 10.0. The number of aryl methyl sites for hydroxylation is 2. The summed E-state index contributed by atoms with van der Waals surface area (Å²) in [5, 5.41) is 17.8. The van der Waals surface area contributed by atoms with Crippen molar-refractivity contribution in [2.75, 3.05) is 4.90 Å². The van der Waals surface area contributed by atoms with Crippen LogP contribution in [0.3, 0.4) is 0 Å². The molecule has 11 heteroatoms. The molecule has 1 heterocycles. The zero-order chi connectivity index (χ0) is 24.3. The van der Waals surface area contributed by atoms with E-state index in [1.54, 1.807) is 27.7 Å². The number of nitro benzene ring substituents is 1. The normalized spacial score (nSPS) is 11.8. The molecular weight excluding hydrogens is 449 g/mol. The Labute approximate surface area is 193 Å². The van der Waals surface area contributed by atoms with Gasteiger partial charge in [-0.05, 0) is 74.6 Å². The number of rotatable bonds is 7. The fraction of sp³-hybridized carbons (Fsp3) is 0.273. The number of anilines is 1. The average Bonchev–Trinajstić information content (AvgIpc) is 3.19. The van der Waals surface area contributed by atoms with Gasteiger partial charge in [0, 0.05) is 23.9 Å². The maximum Gasteiger partial charge on any atom is 0.281 e. The number of benzene rings is 2. The Balaban J connectivity index is 2.22. The highest BCUT2D eigenvalue weighted by atomic mass is 32.1. The van der Waals surface area contributed by atoms with E-state index in [9.17, 15) is 24.1 Å². The topological polar surface area (TPSA) is 118 Å². The highest BCUT2D eigenvalue weighted by Gasteiger charge is 2.36. The summed E-state index contributed by atoms with van der Waals surface area (Å²) >= 11 is 1.02. The van der Waals surface area contributed by atoms with E-state index in [1.807, 2.05) is 0 Å². The Morgan fingerprint density at radius 3 is 2.33 bits per heavy atom. The van der Waals surface area contributed by atoms with Gasteiger partial charge in [-0.25, -0.2) is 4.39 Å². The van der Waals surface area contributed by atoms with E-state index in [2.05, 4.69) is 14.9 Å². The predicted octanol–water partition coefficient (Wildman–Crippen LogP) is 4.11. The standard InChI is InChI=1S/C22H22FN5O4S/c1-12(2)24-21(29)20(15-6-9-16(10-7-15)28(31)32)27(17-8-5-13(3)18(23)11-17)22(30)19-14(4)33-26-25-19/h5-12,20H,1-4H3,(H,24,29). The first kappa shape index (κ1) is 23.9. The van der Waals surface area contributed by atoms with Gasteiger partial charge in [-0.1, -0.05) is 10.6 Å². The lowest BCUT2D eigenvalue weighted by Gasteiger charge is -2.31. The van der Waals surface area contributed by atoms with Crippen molar-refractivity contribution in [2.24, 2.45) is 0 Å². The predicted molar refractivity (Wildman–Crippen MR) is 122 cm³/mol. The molecule has 1 unspecified atom stereocenters. The molecule has 0 spiro atoms. The monoisotopic (exact) mass is 471 g/mol. The molecule has 2 amide bonds. The van der Waals surface area contributed by atoms with Crippen LogP contribution in [-0.2, 0) is 4.79 Å². The van der Waals surface area contributed by atoms with Crippen LogP contribution in [0.25, 0.3) is 0 Å². The summed E-state index contributed by atoms with van der Waals surface area (Å²) in [4.78, 5) is 39.2. The van der Waals surface area contributed by atoms with E-state index in [4.69, 9.17) is 0 Å². The second kappa shape index (κ2) is 9.82. The van der Waals surface area contributed by atoms with Gasteiger partial charge in [0.25, 0.3) is 11.6 Å². The molecule has 33 heavy (non-hydrogen) atoms. The van der Waals surface area contributed by atoms with Crippen molar-refractivity contribution in [3.05, 3.63) is 80.1 Å². The van der Waals surface area contributed by atoms with Gasteiger partial charge in [0.2, 0.25) is 5.91 Å². The first-order valence-corrected chi connectivity index (χ1v) is 10.8. The number of nitro groups is 1. The summed E-state index contributed by atoms with van der Waals surface area (Å²) in [7, 11) is 0. The molecule has 0 aliphatic heterocycles. The smallest absolute Gasteiger partial charge is 0.281 e. The molecule has 0 saturated carbocycles. The van der Waals surface area contributed by atoms with Gasteiger partial charge in [-0.3, -0.25) is 24.6 Å². The van der Waals surface area contributed by atoms with Gasteiger partial charge in [0.05, 0.1) is 9.80 Å². The average molecular weight is 472 g/mol. The number of hydrogen-bond acceptors (Lipinski definition) is 7. The van der Waals surface area contributed by atoms with Gasteiger partial charge in [0.15, 0.2) is 5.69 Å². The highest BCUT2D eigenvalue weighted by Crippen LogP contribution is 2.32. The molecule has 172 valence electrons. The van der Waals surface area contributed by atoms with Crippen molar-refractivity contribution >= 4 is 34.7 Å². The van der Waals surface area contributed by atoms with Crippen LogP contribution in [0, 0.1) is 29.8 Å². The van der Waals surface area contributed by atoms with Gasteiger partial charge in [-0.15, -0.1) is 5.10 Å². The minimum atomic E-state index is -1.25. The number of carbonyl (C=O) groups excluding carboxylic acids is 2. The van der Waals surface area contributed by atoms with Crippen LogP contribution in [0.4, 0.5) is 15.8 Å². The molecule has 0 bridgehead atoms. The lowest BCUT2D eigenvalue weighted by molar-refractivity contribution is -0.384. The van der Waals surface area contributed by atoms with Gasteiger partial charge >= 0.3 is 0 Å². The minimum absolute atomic E-state index is 0.0326. The molecule has 2 aromatic carbocycles. The van der Waals surface area contributed by atoms with Crippen LogP contribution in [0.5, 0.6) is 0 Å². The second-order valence-corrected chi connectivity index (χ2v) is 8.66. The maximum absolute atomic E-state index is 14.5. The van der Waals surface area contributed by atoms with E-state index >= 15 is 0 Å². The fourth-order valence-electron chi connectivity index (χ4n) is 3.22. The Hall–Kier alpha value is -3.73. The molecule has 0 aliphatic rings. The van der Waals surface area contributed by atoms with Gasteiger partial charge < -0.3 is 5.32 Å². The van der Waals surface area contributed by atoms with Crippen LogP contribution >= 0.6 is 11.5 Å². The number of aromatic nitrogens is 2. The zero-order valence-electron chi connectivity index (χ0n) is 18.4. The Morgan fingerprint density at radius 2 is 1.82 bits per heavy atom. The van der Waals surface area contributed by atoms with E-state index in [-0.39, 0.29) is 23.1 Å². The summed E-state index contributed by atoms with van der Waals surface area (Å²) in [6.45, 7) is 6.77. The van der Waals surface area contributed by atoms with Gasteiger partial charge in [0.1, 0.15) is 11.9 Å². The highest BCUT2D eigenvalue weighted by molar-refractivity contribution is 7.05. The molecule has 1 atom stereocenters. The fourth-order valence-corrected chi connectivity index (χ4v) is 3.68.